The van der Waals surface area contributed by atoms with E-state index < -0.39 is 15.3 Å². The fourth-order valence-electron chi connectivity index (χ4n) is 4.43. The molecule has 31 heavy (non-hydrogen) atoms. The first-order valence-corrected chi connectivity index (χ1v) is 12.9. The van der Waals surface area contributed by atoms with Crippen molar-refractivity contribution >= 4 is 38.4 Å². The molecule has 0 unspecified atom stereocenters. The molecule has 2 saturated heterocycles. The van der Waals surface area contributed by atoms with Crippen molar-refractivity contribution in [3.05, 3.63) is 52.5 Å². The van der Waals surface area contributed by atoms with Crippen molar-refractivity contribution < 1.29 is 13.2 Å². The van der Waals surface area contributed by atoms with Gasteiger partial charge in [0.15, 0.2) is 0 Å². The quantitative estimate of drug-likeness (QED) is 0.613. The number of pyridine rings is 1. The van der Waals surface area contributed by atoms with Crippen LogP contribution in [-0.2, 0) is 16.6 Å². The Bertz CT molecular complexity index is 1160. The van der Waals surface area contributed by atoms with Crippen LogP contribution in [0.15, 0.2) is 42.0 Å². The van der Waals surface area contributed by atoms with Crippen LogP contribution in [0.5, 0.6) is 0 Å². The van der Waals surface area contributed by atoms with Crippen molar-refractivity contribution in [1.29, 1.82) is 0 Å². The van der Waals surface area contributed by atoms with Gasteiger partial charge in [0, 0.05) is 48.8 Å². The smallest absolute Gasteiger partial charge is 0.317 e. The Balaban J connectivity index is 1.14. The van der Waals surface area contributed by atoms with Gasteiger partial charge in [0.05, 0.1) is 6.54 Å². The van der Waals surface area contributed by atoms with Gasteiger partial charge < -0.3 is 15.2 Å². The number of carbonyl (C=O) groups is 1. The molecular formula is C21H25N5O3S2. The molecule has 0 spiro atoms. The van der Waals surface area contributed by atoms with Gasteiger partial charge in [-0.2, -0.15) is 0 Å². The SMILES string of the molecule is O=C(NCc1cccs1)N1CC(S(=O)(=O)N2CCC(c3c[nH]c4ncccc34)CC2)C1. The minimum atomic E-state index is -3.39. The first kappa shape index (κ1) is 20.5. The van der Waals surface area contributed by atoms with Gasteiger partial charge in [-0.15, -0.1) is 11.3 Å². The van der Waals surface area contributed by atoms with Crippen molar-refractivity contribution in [3.63, 3.8) is 0 Å². The molecule has 2 amide bonds. The minimum Gasteiger partial charge on any atom is -0.346 e. The number of thiophene rings is 1. The normalized spacial score (nSPS) is 18.9. The molecule has 2 N–H and O–H groups in total. The number of nitrogens with zero attached hydrogens (tertiary/aromatic N) is 3. The number of aromatic nitrogens is 2. The van der Waals surface area contributed by atoms with Crippen LogP contribution in [0.2, 0.25) is 0 Å². The van der Waals surface area contributed by atoms with Gasteiger partial charge in [0.25, 0.3) is 0 Å². The largest absolute Gasteiger partial charge is 0.346 e. The molecule has 2 aliphatic heterocycles. The maximum absolute atomic E-state index is 13.0. The minimum absolute atomic E-state index is 0.202. The fraction of sp³-hybridized carbons (Fsp3) is 0.429. The standard InChI is InChI=1S/C21H25N5O3S2/c27-21(24-11-16-3-2-10-30-16)25-13-17(14-25)31(28,29)26-8-5-15(6-9-26)19-12-23-20-18(19)4-1-7-22-20/h1-4,7,10,12,15,17H,5-6,8-9,11,13-14H2,(H,22,23)(H,24,27). The molecule has 0 bridgehead atoms. The van der Waals surface area contributed by atoms with Gasteiger partial charge in [-0.05, 0) is 47.9 Å². The predicted molar refractivity (Wildman–Crippen MR) is 120 cm³/mol. The summed E-state index contributed by atoms with van der Waals surface area (Å²) in [6.07, 6.45) is 5.35. The summed E-state index contributed by atoms with van der Waals surface area (Å²) >= 11 is 1.58. The Morgan fingerprint density at radius 2 is 2.03 bits per heavy atom. The summed E-state index contributed by atoms with van der Waals surface area (Å²) in [6, 6.07) is 7.69. The van der Waals surface area contributed by atoms with E-state index in [4.69, 9.17) is 0 Å². The van der Waals surface area contributed by atoms with Crippen molar-refractivity contribution in [2.24, 2.45) is 0 Å². The van der Waals surface area contributed by atoms with E-state index in [2.05, 4.69) is 21.4 Å². The van der Waals surface area contributed by atoms with E-state index >= 15 is 0 Å². The summed E-state index contributed by atoms with van der Waals surface area (Å²) in [5.41, 5.74) is 2.09. The maximum atomic E-state index is 13.0. The summed E-state index contributed by atoms with van der Waals surface area (Å²) in [7, 11) is -3.39. The summed E-state index contributed by atoms with van der Waals surface area (Å²) in [5, 5.41) is 5.43. The van der Waals surface area contributed by atoms with Gasteiger partial charge in [0.1, 0.15) is 10.9 Å². The van der Waals surface area contributed by atoms with E-state index in [0.29, 0.717) is 25.6 Å². The fourth-order valence-corrected chi connectivity index (χ4v) is 6.95. The van der Waals surface area contributed by atoms with Crippen LogP contribution in [-0.4, -0.2) is 65.1 Å². The third-order valence-electron chi connectivity index (χ3n) is 6.29. The van der Waals surface area contributed by atoms with Crippen molar-refractivity contribution in [1.82, 2.24) is 24.5 Å². The predicted octanol–water partition coefficient (Wildman–Crippen LogP) is 2.73. The zero-order chi connectivity index (χ0) is 21.4. The molecule has 8 nitrogen and oxygen atoms in total. The molecule has 0 aliphatic carbocycles. The second kappa shape index (κ2) is 8.25. The second-order valence-electron chi connectivity index (χ2n) is 8.13. The highest BCUT2D eigenvalue weighted by Gasteiger charge is 2.43. The average molecular weight is 460 g/mol. The number of piperidine rings is 1. The number of likely N-dealkylation sites (tertiary alicyclic amines) is 1. The van der Waals surface area contributed by atoms with Crippen LogP contribution in [0.1, 0.15) is 29.2 Å². The lowest BCUT2D eigenvalue weighted by molar-refractivity contribution is 0.166. The zero-order valence-electron chi connectivity index (χ0n) is 17.0. The number of carbonyl (C=O) groups excluding carboxylic acids is 1. The lowest BCUT2D eigenvalue weighted by atomic mass is 9.90. The van der Waals surface area contributed by atoms with Gasteiger partial charge >= 0.3 is 6.03 Å². The number of hydrogen-bond acceptors (Lipinski definition) is 5. The summed E-state index contributed by atoms with van der Waals surface area (Å²) in [6.45, 7) is 2.02. The van der Waals surface area contributed by atoms with Crippen LogP contribution in [0.3, 0.4) is 0 Å². The lowest BCUT2D eigenvalue weighted by Crippen LogP contribution is -2.62. The van der Waals surface area contributed by atoms with Crippen LogP contribution in [0, 0.1) is 0 Å². The Morgan fingerprint density at radius 3 is 2.77 bits per heavy atom. The molecule has 3 aromatic rings. The number of nitrogens with one attached hydrogen (secondary N) is 2. The van der Waals surface area contributed by atoms with E-state index in [-0.39, 0.29) is 19.1 Å². The van der Waals surface area contributed by atoms with Crippen molar-refractivity contribution in [2.75, 3.05) is 26.2 Å². The van der Waals surface area contributed by atoms with Crippen LogP contribution in [0.4, 0.5) is 4.79 Å². The zero-order valence-corrected chi connectivity index (χ0v) is 18.7. The highest BCUT2D eigenvalue weighted by molar-refractivity contribution is 7.89. The molecule has 0 aromatic carbocycles. The highest BCUT2D eigenvalue weighted by Crippen LogP contribution is 2.34. The number of H-pyrrole nitrogens is 1. The first-order chi connectivity index (χ1) is 15.0. The summed E-state index contributed by atoms with van der Waals surface area (Å²) < 4.78 is 27.7. The highest BCUT2D eigenvalue weighted by atomic mass is 32.2. The molecule has 0 saturated carbocycles. The topological polar surface area (TPSA) is 98.4 Å². The van der Waals surface area contributed by atoms with Crippen LogP contribution >= 0.6 is 11.3 Å². The second-order valence-corrected chi connectivity index (χ2v) is 11.4. The number of aromatic amines is 1. The third-order valence-corrected chi connectivity index (χ3v) is 9.39. The summed E-state index contributed by atoms with van der Waals surface area (Å²) in [4.78, 5) is 22.5. The Hall–Kier alpha value is -2.43. The molecule has 3 aromatic heterocycles. The summed E-state index contributed by atoms with van der Waals surface area (Å²) in [5.74, 6) is 0.324. The van der Waals surface area contributed by atoms with E-state index in [1.165, 1.54) is 5.56 Å². The first-order valence-electron chi connectivity index (χ1n) is 10.5. The third kappa shape index (κ3) is 3.95. The van der Waals surface area contributed by atoms with Gasteiger partial charge in [-0.25, -0.2) is 22.5 Å². The molecule has 2 aliphatic rings. The van der Waals surface area contributed by atoms with Crippen molar-refractivity contribution in [3.8, 4) is 0 Å². The number of sulfonamides is 1. The molecule has 2 fully saturated rings. The van der Waals surface area contributed by atoms with E-state index in [1.807, 2.05) is 29.8 Å². The molecular weight excluding hydrogens is 434 g/mol. The Morgan fingerprint density at radius 1 is 1.23 bits per heavy atom. The van der Waals surface area contributed by atoms with Gasteiger partial charge in [0.2, 0.25) is 10.0 Å². The molecule has 5 heterocycles. The molecule has 5 rings (SSSR count). The van der Waals surface area contributed by atoms with E-state index in [0.717, 1.165) is 28.8 Å². The lowest BCUT2D eigenvalue weighted by Gasteiger charge is -2.42. The monoisotopic (exact) mass is 459 g/mol. The molecule has 10 heteroatoms. The number of hydrogen-bond donors (Lipinski definition) is 2. The number of rotatable bonds is 5. The Labute approximate surface area is 185 Å². The van der Waals surface area contributed by atoms with Crippen LogP contribution in [0.25, 0.3) is 11.0 Å². The molecule has 0 radical (unpaired) electrons. The van der Waals surface area contributed by atoms with Crippen LogP contribution < -0.4 is 5.32 Å². The van der Waals surface area contributed by atoms with Crippen molar-refractivity contribution in [2.45, 2.75) is 30.6 Å². The number of urea groups is 1. The molecule has 0 atom stereocenters. The number of amides is 2. The molecule has 164 valence electrons. The van der Waals surface area contributed by atoms with Gasteiger partial charge in [-0.3, -0.25) is 0 Å². The van der Waals surface area contributed by atoms with E-state index in [9.17, 15) is 13.2 Å². The van der Waals surface area contributed by atoms with Gasteiger partial charge in [-0.1, -0.05) is 6.07 Å². The van der Waals surface area contributed by atoms with E-state index in [1.54, 1.807) is 26.7 Å². The number of fused-ring (bicyclic) bond motifs is 1. The average Bonchev–Trinajstić information content (AvgIpc) is 3.41. The Kier molecular flexibility index (Phi) is 5.45. The maximum Gasteiger partial charge on any atom is 0.317 e.